The van der Waals surface area contributed by atoms with Crippen molar-refractivity contribution in [3.8, 4) is 0 Å². The van der Waals surface area contributed by atoms with Crippen molar-refractivity contribution in [2.45, 2.75) is 39.9 Å². The number of rotatable bonds is 0. The zero-order valence-corrected chi connectivity index (χ0v) is 8.02. The van der Waals surface area contributed by atoms with E-state index in [1.165, 1.54) is 0 Å². The first-order valence-corrected chi connectivity index (χ1v) is 4.60. The minimum atomic E-state index is 0.470. The first kappa shape index (κ1) is 9.01. The van der Waals surface area contributed by atoms with E-state index in [4.69, 9.17) is 0 Å². The molecular formula is C9H20N2. The quantitative estimate of drug-likeness (QED) is 0.550. The molecule has 0 amide bonds. The second-order valence-electron chi connectivity index (χ2n) is 3.92. The van der Waals surface area contributed by atoms with Crippen LogP contribution in [0.25, 0.3) is 0 Å². The smallest absolute Gasteiger partial charge is 0.0544 e. The molecule has 1 heterocycles. The summed E-state index contributed by atoms with van der Waals surface area (Å²) in [5, 5.41) is 6.95. The van der Waals surface area contributed by atoms with Gasteiger partial charge in [-0.15, -0.1) is 0 Å². The van der Waals surface area contributed by atoms with Gasteiger partial charge in [0, 0.05) is 6.04 Å². The van der Waals surface area contributed by atoms with E-state index in [-0.39, 0.29) is 0 Å². The molecule has 0 radical (unpaired) electrons. The van der Waals surface area contributed by atoms with Crippen LogP contribution in [0.2, 0.25) is 0 Å². The molecule has 0 bridgehead atoms. The Labute approximate surface area is 69.8 Å². The summed E-state index contributed by atoms with van der Waals surface area (Å²) in [7, 11) is 0. The van der Waals surface area contributed by atoms with Crippen molar-refractivity contribution >= 4 is 0 Å². The van der Waals surface area contributed by atoms with Gasteiger partial charge in [0.1, 0.15) is 0 Å². The lowest BCUT2D eigenvalue weighted by molar-refractivity contribution is 0.328. The molecule has 66 valence electrons. The van der Waals surface area contributed by atoms with Crippen molar-refractivity contribution in [3.05, 3.63) is 0 Å². The molecule has 0 saturated carbocycles. The molecule has 1 saturated heterocycles. The van der Waals surface area contributed by atoms with Crippen LogP contribution < -0.4 is 10.6 Å². The van der Waals surface area contributed by atoms with Crippen LogP contribution in [-0.2, 0) is 0 Å². The van der Waals surface area contributed by atoms with Gasteiger partial charge in [-0.05, 0) is 32.2 Å². The lowest BCUT2D eigenvalue weighted by Crippen LogP contribution is -2.42. The summed E-state index contributed by atoms with van der Waals surface area (Å²) in [6.07, 6.45) is 0.470. The van der Waals surface area contributed by atoms with Crippen LogP contribution in [-0.4, -0.2) is 18.8 Å². The highest BCUT2D eigenvalue weighted by atomic mass is 15.1. The minimum Gasteiger partial charge on any atom is -0.302 e. The van der Waals surface area contributed by atoms with Gasteiger partial charge in [-0.3, -0.25) is 5.32 Å². The Hall–Kier alpha value is -0.0800. The van der Waals surface area contributed by atoms with Gasteiger partial charge in [0.2, 0.25) is 0 Å². The van der Waals surface area contributed by atoms with Crippen molar-refractivity contribution in [3.63, 3.8) is 0 Å². The van der Waals surface area contributed by atoms with Crippen LogP contribution >= 0.6 is 0 Å². The molecular weight excluding hydrogens is 136 g/mol. The number of nitrogens with one attached hydrogen (secondary N) is 2. The third-order valence-electron chi connectivity index (χ3n) is 2.95. The van der Waals surface area contributed by atoms with E-state index < -0.39 is 0 Å². The standard InChI is InChI=1S/C9H20N2/c1-6-5-10-9(4)11-8(3)7(6)2/h6-11H,5H2,1-4H3. The van der Waals surface area contributed by atoms with E-state index in [2.05, 4.69) is 38.3 Å². The van der Waals surface area contributed by atoms with Crippen molar-refractivity contribution in [1.29, 1.82) is 0 Å². The first-order chi connectivity index (χ1) is 5.11. The minimum absolute atomic E-state index is 0.470. The molecule has 0 aromatic heterocycles. The second-order valence-corrected chi connectivity index (χ2v) is 3.92. The first-order valence-electron chi connectivity index (χ1n) is 4.60. The van der Waals surface area contributed by atoms with Gasteiger partial charge >= 0.3 is 0 Å². The monoisotopic (exact) mass is 156 g/mol. The summed E-state index contributed by atoms with van der Waals surface area (Å²) in [6.45, 7) is 10.2. The molecule has 2 heteroatoms. The van der Waals surface area contributed by atoms with Gasteiger partial charge in [0.15, 0.2) is 0 Å². The van der Waals surface area contributed by atoms with E-state index in [0.717, 1.165) is 18.4 Å². The maximum absolute atomic E-state index is 3.51. The van der Waals surface area contributed by atoms with E-state index in [1.54, 1.807) is 0 Å². The third-order valence-corrected chi connectivity index (χ3v) is 2.95. The Morgan fingerprint density at radius 2 is 1.73 bits per heavy atom. The fourth-order valence-corrected chi connectivity index (χ4v) is 1.65. The molecule has 1 aliphatic rings. The maximum atomic E-state index is 3.51. The average molecular weight is 156 g/mol. The van der Waals surface area contributed by atoms with Crippen LogP contribution in [0.4, 0.5) is 0 Å². The predicted octanol–water partition coefficient (Wildman–Crippen LogP) is 1.19. The topological polar surface area (TPSA) is 24.1 Å². The summed E-state index contributed by atoms with van der Waals surface area (Å²) in [5.74, 6) is 1.55. The molecule has 0 aliphatic carbocycles. The molecule has 0 aromatic rings. The molecule has 4 atom stereocenters. The molecule has 2 nitrogen and oxygen atoms in total. The van der Waals surface area contributed by atoms with Gasteiger partial charge in [-0.1, -0.05) is 13.8 Å². The maximum Gasteiger partial charge on any atom is 0.0544 e. The van der Waals surface area contributed by atoms with Crippen molar-refractivity contribution in [1.82, 2.24) is 10.6 Å². The summed E-state index contributed by atoms with van der Waals surface area (Å²) in [4.78, 5) is 0. The van der Waals surface area contributed by atoms with E-state index in [0.29, 0.717) is 12.2 Å². The Morgan fingerprint density at radius 1 is 1.09 bits per heavy atom. The molecule has 2 N–H and O–H groups in total. The lowest BCUT2D eigenvalue weighted by Gasteiger charge is -2.22. The van der Waals surface area contributed by atoms with Gasteiger partial charge in [-0.25, -0.2) is 0 Å². The molecule has 1 fully saturated rings. The third kappa shape index (κ3) is 2.17. The number of hydrogen-bond acceptors (Lipinski definition) is 2. The largest absolute Gasteiger partial charge is 0.302 e. The van der Waals surface area contributed by atoms with Crippen LogP contribution in [0.1, 0.15) is 27.7 Å². The predicted molar refractivity (Wildman–Crippen MR) is 48.4 cm³/mol. The highest BCUT2D eigenvalue weighted by Crippen LogP contribution is 2.16. The van der Waals surface area contributed by atoms with Crippen LogP contribution in [0.3, 0.4) is 0 Å². The Bertz CT molecular complexity index is 125. The Balaban J connectivity index is 2.53. The lowest BCUT2D eigenvalue weighted by atomic mass is 9.90. The van der Waals surface area contributed by atoms with E-state index in [1.807, 2.05) is 0 Å². The van der Waals surface area contributed by atoms with E-state index >= 15 is 0 Å². The highest BCUT2D eigenvalue weighted by molar-refractivity contribution is 4.80. The fourth-order valence-electron chi connectivity index (χ4n) is 1.65. The van der Waals surface area contributed by atoms with E-state index in [9.17, 15) is 0 Å². The molecule has 1 aliphatic heterocycles. The molecule has 0 aromatic carbocycles. The number of hydrogen-bond donors (Lipinski definition) is 2. The fraction of sp³-hybridized carbons (Fsp3) is 1.00. The zero-order valence-electron chi connectivity index (χ0n) is 8.02. The summed E-state index contributed by atoms with van der Waals surface area (Å²) in [6, 6.07) is 0.634. The average Bonchev–Trinajstić information content (AvgIpc) is 2.05. The summed E-state index contributed by atoms with van der Waals surface area (Å²) in [5.41, 5.74) is 0. The second kappa shape index (κ2) is 3.55. The Kier molecular flexibility index (Phi) is 2.90. The summed E-state index contributed by atoms with van der Waals surface area (Å²) >= 11 is 0. The normalized spacial score (nSPS) is 46.9. The van der Waals surface area contributed by atoms with Crippen LogP contribution in [0.15, 0.2) is 0 Å². The van der Waals surface area contributed by atoms with Crippen molar-refractivity contribution < 1.29 is 0 Å². The van der Waals surface area contributed by atoms with Crippen LogP contribution in [0.5, 0.6) is 0 Å². The van der Waals surface area contributed by atoms with Gasteiger partial charge in [0.25, 0.3) is 0 Å². The molecule has 11 heavy (non-hydrogen) atoms. The summed E-state index contributed by atoms with van der Waals surface area (Å²) < 4.78 is 0. The SMILES string of the molecule is CC1NCC(C)C(C)C(C)N1. The highest BCUT2D eigenvalue weighted by Gasteiger charge is 2.23. The zero-order chi connectivity index (χ0) is 8.43. The van der Waals surface area contributed by atoms with Crippen molar-refractivity contribution in [2.75, 3.05) is 6.54 Å². The van der Waals surface area contributed by atoms with Gasteiger partial charge < -0.3 is 5.32 Å². The van der Waals surface area contributed by atoms with Gasteiger partial charge in [-0.2, -0.15) is 0 Å². The van der Waals surface area contributed by atoms with Crippen molar-refractivity contribution in [2.24, 2.45) is 11.8 Å². The Morgan fingerprint density at radius 3 is 2.36 bits per heavy atom. The van der Waals surface area contributed by atoms with Crippen LogP contribution in [0, 0.1) is 11.8 Å². The molecule has 1 rings (SSSR count). The molecule has 4 unspecified atom stereocenters. The van der Waals surface area contributed by atoms with Gasteiger partial charge in [0.05, 0.1) is 6.17 Å². The molecule has 0 spiro atoms.